The van der Waals surface area contributed by atoms with E-state index in [1.165, 1.54) is 26.8 Å². The first-order valence-corrected chi connectivity index (χ1v) is 11.8. The Bertz CT molecular complexity index is 980. The molecule has 1 aliphatic rings. The number of carbonyl (C=O) groups excluding carboxylic acids is 1. The predicted octanol–water partition coefficient (Wildman–Crippen LogP) is 5.27. The number of likely N-dealkylation sites (tertiary alicyclic amines) is 1. The van der Waals surface area contributed by atoms with Crippen LogP contribution in [0.15, 0.2) is 71.6 Å². The Morgan fingerprint density at radius 2 is 1.87 bits per heavy atom. The van der Waals surface area contributed by atoms with Gasteiger partial charge in [0.15, 0.2) is 0 Å². The number of piperidine rings is 1. The molecule has 0 saturated carbocycles. The molecule has 30 heavy (non-hydrogen) atoms. The summed E-state index contributed by atoms with van der Waals surface area (Å²) in [4.78, 5) is 16.4. The van der Waals surface area contributed by atoms with Crippen LogP contribution < -0.4 is 5.32 Å². The topological polar surface area (TPSA) is 32.3 Å². The number of carbonyl (C=O) groups is 1. The van der Waals surface area contributed by atoms with Crippen LogP contribution in [0.2, 0.25) is 0 Å². The van der Waals surface area contributed by atoms with E-state index >= 15 is 0 Å². The monoisotopic (exact) mass is 418 g/mol. The number of benzene rings is 3. The van der Waals surface area contributed by atoms with E-state index in [4.69, 9.17) is 0 Å². The lowest BCUT2D eigenvalue weighted by Crippen LogP contribution is -2.43. The van der Waals surface area contributed by atoms with E-state index in [9.17, 15) is 4.79 Å². The van der Waals surface area contributed by atoms with E-state index in [-0.39, 0.29) is 11.8 Å². The molecule has 0 aliphatic carbocycles. The van der Waals surface area contributed by atoms with Crippen LogP contribution in [-0.4, -0.2) is 36.2 Å². The average Bonchev–Trinajstić information content (AvgIpc) is 2.78. The molecule has 4 rings (SSSR count). The summed E-state index contributed by atoms with van der Waals surface area (Å²) in [6, 6.07) is 23.6. The molecule has 156 valence electrons. The van der Waals surface area contributed by atoms with Gasteiger partial charge in [0.2, 0.25) is 5.91 Å². The normalized spacial score (nSPS) is 17.2. The Kier molecular flexibility index (Phi) is 7.08. The summed E-state index contributed by atoms with van der Waals surface area (Å²) in [7, 11) is 0. The highest BCUT2D eigenvalue weighted by Crippen LogP contribution is 2.24. The van der Waals surface area contributed by atoms with Gasteiger partial charge in [0.05, 0.1) is 5.92 Å². The van der Waals surface area contributed by atoms with Crippen molar-refractivity contribution in [1.29, 1.82) is 0 Å². The molecule has 1 aliphatic heterocycles. The van der Waals surface area contributed by atoms with Gasteiger partial charge in [-0.15, -0.1) is 11.8 Å². The van der Waals surface area contributed by atoms with Crippen molar-refractivity contribution in [2.75, 3.05) is 25.4 Å². The zero-order valence-corrected chi connectivity index (χ0v) is 18.5. The highest BCUT2D eigenvalue weighted by molar-refractivity contribution is 7.99. The first kappa shape index (κ1) is 21.0. The molecule has 0 radical (unpaired) electrons. The summed E-state index contributed by atoms with van der Waals surface area (Å²) in [5.74, 6) is 1.21. The third kappa shape index (κ3) is 5.44. The number of hydrogen-bond donors (Lipinski definition) is 1. The van der Waals surface area contributed by atoms with E-state index in [0.29, 0.717) is 0 Å². The molecule has 1 heterocycles. The van der Waals surface area contributed by atoms with E-state index in [0.717, 1.165) is 44.8 Å². The SMILES string of the molecule is Cc1ccc(SCCNC(=O)C2CCCN(Cc3cccc4ccccc34)C2)cc1. The summed E-state index contributed by atoms with van der Waals surface area (Å²) in [6.07, 6.45) is 2.07. The molecule has 0 bridgehead atoms. The Hall–Kier alpha value is -2.30. The van der Waals surface area contributed by atoms with Gasteiger partial charge in [-0.2, -0.15) is 0 Å². The smallest absolute Gasteiger partial charge is 0.224 e. The molecule has 3 nitrogen and oxygen atoms in total. The maximum atomic E-state index is 12.7. The zero-order valence-electron chi connectivity index (χ0n) is 17.6. The van der Waals surface area contributed by atoms with Crippen molar-refractivity contribution in [1.82, 2.24) is 10.2 Å². The second-order valence-electron chi connectivity index (χ2n) is 8.17. The molecule has 4 heteroatoms. The van der Waals surface area contributed by atoms with Gasteiger partial charge >= 0.3 is 0 Å². The quantitative estimate of drug-likeness (QED) is 0.419. The Morgan fingerprint density at radius 3 is 2.73 bits per heavy atom. The Morgan fingerprint density at radius 1 is 1.07 bits per heavy atom. The fourth-order valence-electron chi connectivity index (χ4n) is 4.21. The van der Waals surface area contributed by atoms with Gasteiger partial charge in [0.1, 0.15) is 0 Å². The summed E-state index contributed by atoms with van der Waals surface area (Å²) in [6.45, 7) is 5.64. The maximum Gasteiger partial charge on any atom is 0.224 e. The van der Waals surface area contributed by atoms with E-state index in [1.807, 2.05) is 0 Å². The minimum atomic E-state index is 0.0955. The predicted molar refractivity (Wildman–Crippen MR) is 127 cm³/mol. The van der Waals surface area contributed by atoms with Crippen LogP contribution in [0.4, 0.5) is 0 Å². The minimum absolute atomic E-state index is 0.0955. The van der Waals surface area contributed by atoms with Gasteiger partial charge in [0, 0.05) is 30.3 Å². The lowest BCUT2D eigenvalue weighted by Gasteiger charge is -2.32. The molecule has 0 spiro atoms. The van der Waals surface area contributed by atoms with Crippen molar-refractivity contribution in [2.24, 2.45) is 5.92 Å². The molecule has 1 saturated heterocycles. The molecule has 3 aromatic carbocycles. The highest BCUT2D eigenvalue weighted by atomic mass is 32.2. The average molecular weight is 419 g/mol. The number of aryl methyl sites for hydroxylation is 1. The van der Waals surface area contributed by atoms with Gasteiger partial charge in [-0.05, 0) is 54.8 Å². The number of nitrogens with zero attached hydrogens (tertiary/aromatic N) is 1. The van der Waals surface area contributed by atoms with Crippen LogP contribution in [0.5, 0.6) is 0 Å². The Balaban J connectivity index is 1.27. The van der Waals surface area contributed by atoms with E-state index in [2.05, 4.69) is 83.9 Å². The van der Waals surface area contributed by atoms with Gasteiger partial charge in [0.25, 0.3) is 0 Å². The first-order valence-electron chi connectivity index (χ1n) is 10.9. The molecule has 1 unspecified atom stereocenters. The van der Waals surface area contributed by atoms with Crippen molar-refractivity contribution in [3.05, 3.63) is 77.9 Å². The minimum Gasteiger partial charge on any atom is -0.355 e. The number of nitrogens with one attached hydrogen (secondary N) is 1. The fraction of sp³-hybridized carbons (Fsp3) is 0.346. The molecule has 3 aromatic rings. The van der Waals surface area contributed by atoms with Gasteiger partial charge in [-0.25, -0.2) is 0 Å². The second kappa shape index (κ2) is 10.1. The number of amides is 1. The number of rotatable bonds is 7. The molecular formula is C26H30N2OS. The lowest BCUT2D eigenvalue weighted by molar-refractivity contribution is -0.126. The van der Waals surface area contributed by atoms with Crippen molar-refractivity contribution < 1.29 is 4.79 Å². The summed E-state index contributed by atoms with van der Waals surface area (Å²) in [5.41, 5.74) is 2.63. The third-order valence-electron chi connectivity index (χ3n) is 5.84. The Labute approximate surface area is 183 Å². The molecule has 1 amide bonds. The van der Waals surface area contributed by atoms with Crippen LogP contribution in [-0.2, 0) is 11.3 Å². The zero-order chi connectivity index (χ0) is 20.8. The molecule has 1 atom stereocenters. The summed E-state index contributed by atoms with van der Waals surface area (Å²) >= 11 is 1.80. The molecule has 0 aromatic heterocycles. The summed E-state index contributed by atoms with van der Waals surface area (Å²) in [5, 5.41) is 5.77. The van der Waals surface area contributed by atoms with E-state index in [1.54, 1.807) is 11.8 Å². The van der Waals surface area contributed by atoms with Crippen molar-refractivity contribution in [3.8, 4) is 0 Å². The number of hydrogen-bond acceptors (Lipinski definition) is 3. The standard InChI is InChI=1S/C26H30N2OS/c1-20-11-13-24(14-12-20)30-17-15-27-26(29)23-9-5-16-28(19-23)18-22-8-4-7-21-6-2-3-10-25(21)22/h2-4,6-8,10-14,23H,5,9,15-19H2,1H3,(H,27,29). The van der Waals surface area contributed by atoms with Crippen LogP contribution in [0.1, 0.15) is 24.0 Å². The van der Waals surface area contributed by atoms with Crippen LogP contribution >= 0.6 is 11.8 Å². The second-order valence-corrected chi connectivity index (χ2v) is 9.33. The van der Waals surface area contributed by atoms with Gasteiger partial charge in [-0.1, -0.05) is 60.2 Å². The molecule has 1 N–H and O–H groups in total. The lowest BCUT2D eigenvalue weighted by atomic mass is 9.96. The molecular weight excluding hydrogens is 388 g/mol. The van der Waals surface area contributed by atoms with E-state index < -0.39 is 0 Å². The van der Waals surface area contributed by atoms with Gasteiger partial charge in [-0.3, -0.25) is 9.69 Å². The van der Waals surface area contributed by atoms with Crippen molar-refractivity contribution in [3.63, 3.8) is 0 Å². The van der Waals surface area contributed by atoms with Gasteiger partial charge < -0.3 is 5.32 Å². The van der Waals surface area contributed by atoms with Crippen LogP contribution in [0.25, 0.3) is 10.8 Å². The maximum absolute atomic E-state index is 12.7. The fourth-order valence-corrected chi connectivity index (χ4v) is 4.97. The molecule has 1 fully saturated rings. The highest BCUT2D eigenvalue weighted by Gasteiger charge is 2.25. The van der Waals surface area contributed by atoms with Crippen molar-refractivity contribution >= 4 is 28.4 Å². The largest absolute Gasteiger partial charge is 0.355 e. The first-order chi connectivity index (χ1) is 14.7. The summed E-state index contributed by atoms with van der Waals surface area (Å²) < 4.78 is 0. The van der Waals surface area contributed by atoms with Crippen molar-refractivity contribution in [2.45, 2.75) is 31.2 Å². The third-order valence-corrected chi connectivity index (χ3v) is 6.85. The van der Waals surface area contributed by atoms with Crippen LogP contribution in [0, 0.1) is 12.8 Å². The number of fused-ring (bicyclic) bond motifs is 1. The van der Waals surface area contributed by atoms with Crippen LogP contribution in [0.3, 0.4) is 0 Å². The number of thioether (sulfide) groups is 1.